The zero-order valence-electron chi connectivity index (χ0n) is 16.2. The van der Waals surface area contributed by atoms with E-state index in [-0.39, 0.29) is 17.3 Å². The van der Waals surface area contributed by atoms with Crippen LogP contribution in [0.25, 0.3) is 10.8 Å². The molecule has 0 aromatic heterocycles. The van der Waals surface area contributed by atoms with Gasteiger partial charge in [-0.1, -0.05) is 42.5 Å². The Bertz CT molecular complexity index is 1140. The van der Waals surface area contributed by atoms with Crippen molar-refractivity contribution in [2.45, 2.75) is 11.3 Å². The number of carbonyl (C=O) groups is 1. The van der Waals surface area contributed by atoms with Crippen molar-refractivity contribution in [2.24, 2.45) is 0 Å². The molecule has 150 valence electrons. The summed E-state index contributed by atoms with van der Waals surface area (Å²) < 4.78 is 27.0. The molecule has 1 aliphatic heterocycles. The molecule has 1 heterocycles. The fourth-order valence-corrected chi connectivity index (χ4v) is 5.34. The molecule has 0 aliphatic carbocycles. The second kappa shape index (κ2) is 7.75. The van der Waals surface area contributed by atoms with Gasteiger partial charge in [-0.25, -0.2) is 8.42 Å². The third kappa shape index (κ3) is 3.65. The van der Waals surface area contributed by atoms with Crippen LogP contribution in [0.2, 0.25) is 0 Å². The zero-order chi connectivity index (χ0) is 20.4. The molecule has 4 rings (SSSR count). The molecule has 0 bridgehead atoms. The van der Waals surface area contributed by atoms with Gasteiger partial charge in [0.1, 0.15) is 6.54 Å². The van der Waals surface area contributed by atoms with E-state index >= 15 is 0 Å². The van der Waals surface area contributed by atoms with Crippen molar-refractivity contribution < 1.29 is 13.2 Å². The molecule has 29 heavy (non-hydrogen) atoms. The molecule has 0 spiro atoms. The smallest absolute Gasteiger partial charge is 0.265 e. The fourth-order valence-electron chi connectivity index (χ4n) is 3.67. The van der Waals surface area contributed by atoms with E-state index in [1.807, 2.05) is 55.6 Å². The minimum absolute atomic E-state index is 0.218. The van der Waals surface area contributed by atoms with Gasteiger partial charge in [-0.3, -0.25) is 9.10 Å². The van der Waals surface area contributed by atoms with Gasteiger partial charge in [-0.15, -0.1) is 0 Å². The molecule has 0 saturated heterocycles. The molecule has 7 heteroatoms. The Labute approximate surface area is 170 Å². The summed E-state index contributed by atoms with van der Waals surface area (Å²) in [5, 5.41) is 4.39. The van der Waals surface area contributed by atoms with Crippen LogP contribution in [0.5, 0.6) is 0 Å². The number of hydrogen-bond donors (Lipinski definition) is 1. The first-order valence-electron chi connectivity index (χ1n) is 9.56. The zero-order valence-corrected chi connectivity index (χ0v) is 17.0. The van der Waals surface area contributed by atoms with Crippen molar-refractivity contribution in [3.8, 4) is 0 Å². The SMILES string of the molecule is CN(CCCNC(=O)CN1c2cccc3cccc(c23)S1(=O)=O)c1ccccc1. The molecular weight excluding hydrogens is 386 g/mol. The number of rotatable bonds is 7. The predicted molar refractivity (Wildman–Crippen MR) is 116 cm³/mol. The normalized spacial score (nSPS) is 14.2. The maximum atomic E-state index is 12.9. The first-order valence-corrected chi connectivity index (χ1v) is 11.0. The molecule has 0 radical (unpaired) electrons. The Hall–Kier alpha value is -3.06. The number of benzene rings is 3. The Morgan fingerprint density at radius 2 is 1.72 bits per heavy atom. The number of hydrogen-bond acceptors (Lipinski definition) is 4. The number of nitrogens with zero attached hydrogens (tertiary/aromatic N) is 2. The second-order valence-corrected chi connectivity index (χ2v) is 8.93. The molecule has 1 amide bonds. The highest BCUT2D eigenvalue weighted by atomic mass is 32.2. The van der Waals surface area contributed by atoms with Gasteiger partial charge in [0.25, 0.3) is 10.0 Å². The summed E-state index contributed by atoms with van der Waals surface area (Å²) in [7, 11) is -1.70. The van der Waals surface area contributed by atoms with Gasteiger partial charge >= 0.3 is 0 Å². The summed E-state index contributed by atoms with van der Waals surface area (Å²) >= 11 is 0. The van der Waals surface area contributed by atoms with Crippen LogP contribution in [0.3, 0.4) is 0 Å². The highest BCUT2D eigenvalue weighted by Gasteiger charge is 2.36. The first-order chi connectivity index (χ1) is 14.0. The Balaban J connectivity index is 1.36. The van der Waals surface area contributed by atoms with Crippen LogP contribution in [0, 0.1) is 0 Å². The monoisotopic (exact) mass is 409 g/mol. The summed E-state index contributed by atoms with van der Waals surface area (Å²) in [6, 6.07) is 20.7. The van der Waals surface area contributed by atoms with Crippen LogP contribution in [0.1, 0.15) is 6.42 Å². The van der Waals surface area contributed by atoms with Gasteiger partial charge in [0.15, 0.2) is 0 Å². The van der Waals surface area contributed by atoms with Crippen molar-refractivity contribution in [1.29, 1.82) is 0 Å². The van der Waals surface area contributed by atoms with Crippen LogP contribution in [0.4, 0.5) is 11.4 Å². The summed E-state index contributed by atoms with van der Waals surface area (Å²) in [5.41, 5.74) is 1.69. The van der Waals surface area contributed by atoms with Gasteiger partial charge in [0, 0.05) is 31.2 Å². The van der Waals surface area contributed by atoms with E-state index in [1.165, 1.54) is 4.31 Å². The molecule has 0 atom stereocenters. The fraction of sp³-hybridized carbons (Fsp3) is 0.227. The lowest BCUT2D eigenvalue weighted by Gasteiger charge is -2.20. The highest BCUT2D eigenvalue weighted by molar-refractivity contribution is 7.93. The molecule has 1 aliphatic rings. The number of anilines is 2. The first kappa shape index (κ1) is 19.3. The predicted octanol–water partition coefficient (Wildman–Crippen LogP) is 2.99. The Kier molecular flexibility index (Phi) is 5.15. The summed E-state index contributed by atoms with van der Waals surface area (Å²) in [6.07, 6.45) is 0.764. The van der Waals surface area contributed by atoms with E-state index < -0.39 is 10.0 Å². The van der Waals surface area contributed by atoms with Crippen molar-refractivity contribution in [2.75, 3.05) is 35.9 Å². The van der Waals surface area contributed by atoms with E-state index in [1.54, 1.807) is 18.2 Å². The van der Waals surface area contributed by atoms with Crippen LogP contribution in [-0.2, 0) is 14.8 Å². The van der Waals surface area contributed by atoms with Crippen LogP contribution >= 0.6 is 0 Å². The van der Waals surface area contributed by atoms with Gasteiger partial charge in [-0.05, 0) is 36.1 Å². The maximum absolute atomic E-state index is 12.9. The third-order valence-electron chi connectivity index (χ3n) is 5.16. The quantitative estimate of drug-likeness (QED) is 0.609. The third-order valence-corrected chi connectivity index (χ3v) is 6.96. The number of carbonyl (C=O) groups excluding carboxylic acids is 1. The molecule has 3 aromatic carbocycles. The van der Waals surface area contributed by atoms with Crippen molar-refractivity contribution in [1.82, 2.24) is 5.32 Å². The van der Waals surface area contributed by atoms with E-state index in [0.29, 0.717) is 17.6 Å². The number of amides is 1. The van der Waals surface area contributed by atoms with Gasteiger partial charge < -0.3 is 10.2 Å². The lowest BCUT2D eigenvalue weighted by molar-refractivity contribution is -0.119. The van der Waals surface area contributed by atoms with Crippen molar-refractivity contribution >= 4 is 38.1 Å². The van der Waals surface area contributed by atoms with Crippen LogP contribution < -0.4 is 14.5 Å². The molecule has 0 unspecified atom stereocenters. The molecular formula is C22H23N3O3S. The number of nitrogens with one attached hydrogen (secondary N) is 1. The summed E-state index contributed by atoms with van der Waals surface area (Å²) in [5.74, 6) is -0.305. The van der Waals surface area contributed by atoms with E-state index in [4.69, 9.17) is 0 Å². The average Bonchev–Trinajstić information content (AvgIpc) is 2.95. The Morgan fingerprint density at radius 3 is 2.48 bits per heavy atom. The maximum Gasteiger partial charge on any atom is 0.265 e. The minimum Gasteiger partial charge on any atom is -0.375 e. The van der Waals surface area contributed by atoms with Gasteiger partial charge in [0.2, 0.25) is 5.91 Å². The highest BCUT2D eigenvalue weighted by Crippen LogP contribution is 2.41. The molecule has 6 nitrogen and oxygen atoms in total. The number of sulfonamides is 1. The van der Waals surface area contributed by atoms with Gasteiger partial charge in [-0.2, -0.15) is 0 Å². The van der Waals surface area contributed by atoms with Crippen LogP contribution in [-0.4, -0.2) is 41.0 Å². The summed E-state index contributed by atoms with van der Waals surface area (Å²) in [4.78, 5) is 14.8. The van der Waals surface area contributed by atoms with Crippen molar-refractivity contribution in [3.63, 3.8) is 0 Å². The number of para-hydroxylation sites is 1. The molecule has 0 saturated carbocycles. The topological polar surface area (TPSA) is 69.7 Å². The van der Waals surface area contributed by atoms with E-state index in [2.05, 4.69) is 10.2 Å². The molecule has 3 aromatic rings. The molecule has 1 N–H and O–H groups in total. The van der Waals surface area contributed by atoms with Crippen molar-refractivity contribution in [3.05, 3.63) is 66.7 Å². The Morgan fingerprint density at radius 1 is 1.00 bits per heavy atom. The van der Waals surface area contributed by atoms with Crippen LogP contribution in [0.15, 0.2) is 71.6 Å². The minimum atomic E-state index is -3.71. The lowest BCUT2D eigenvalue weighted by Crippen LogP contribution is -2.39. The average molecular weight is 410 g/mol. The second-order valence-electron chi connectivity index (χ2n) is 7.10. The van der Waals surface area contributed by atoms with E-state index in [0.717, 1.165) is 24.0 Å². The van der Waals surface area contributed by atoms with E-state index in [9.17, 15) is 13.2 Å². The van der Waals surface area contributed by atoms with Gasteiger partial charge in [0.05, 0.1) is 10.6 Å². The standard InChI is InChI=1S/C22H23N3O3S/c1-24(18-10-3-2-4-11-18)15-7-14-23-21(26)16-25-19-12-5-8-17-9-6-13-20(22(17)19)29(25,27)28/h2-6,8-13H,7,14-16H2,1H3,(H,23,26). The largest absolute Gasteiger partial charge is 0.375 e. The lowest BCUT2D eigenvalue weighted by atomic mass is 10.1. The summed E-state index contributed by atoms with van der Waals surface area (Å²) in [6.45, 7) is 1.06. The molecule has 0 fully saturated rings.